The number of amidine groups is 1. The van der Waals surface area contributed by atoms with Crippen LogP contribution in [0.2, 0.25) is 0 Å². The Morgan fingerprint density at radius 1 is 1.13 bits per heavy atom. The van der Waals surface area contributed by atoms with E-state index < -0.39 is 5.25 Å². The van der Waals surface area contributed by atoms with Crippen molar-refractivity contribution in [1.29, 1.82) is 0 Å². The van der Waals surface area contributed by atoms with E-state index in [2.05, 4.69) is 23.8 Å². The van der Waals surface area contributed by atoms with E-state index in [-0.39, 0.29) is 18.2 Å². The molecule has 0 aliphatic carbocycles. The molecule has 30 heavy (non-hydrogen) atoms. The van der Waals surface area contributed by atoms with Gasteiger partial charge in [0.05, 0.1) is 5.69 Å². The first kappa shape index (κ1) is 21.8. The summed E-state index contributed by atoms with van der Waals surface area (Å²) in [5.41, 5.74) is 6.04. The highest BCUT2D eigenvalue weighted by atomic mass is 32.2. The summed E-state index contributed by atoms with van der Waals surface area (Å²) in [6.45, 7) is 12.2. The molecule has 2 aromatic rings. The van der Waals surface area contributed by atoms with Gasteiger partial charge in [0.1, 0.15) is 5.25 Å². The molecule has 1 aliphatic rings. The zero-order chi connectivity index (χ0) is 21.8. The van der Waals surface area contributed by atoms with Crippen molar-refractivity contribution in [1.82, 2.24) is 4.90 Å². The van der Waals surface area contributed by atoms with Gasteiger partial charge in [-0.3, -0.25) is 14.5 Å². The first-order chi connectivity index (χ1) is 14.3. The van der Waals surface area contributed by atoms with Gasteiger partial charge < -0.3 is 5.32 Å². The predicted molar refractivity (Wildman–Crippen MR) is 125 cm³/mol. The summed E-state index contributed by atoms with van der Waals surface area (Å²) in [5, 5.41) is 3.03. The molecule has 0 saturated carbocycles. The molecule has 156 valence electrons. The molecular formula is C24H27N3O2S. The van der Waals surface area contributed by atoms with Crippen LogP contribution in [-0.2, 0) is 9.59 Å². The fraction of sp³-hybridized carbons (Fsp3) is 0.292. The lowest BCUT2D eigenvalue weighted by Gasteiger charge is -2.14. The molecular weight excluding hydrogens is 394 g/mol. The van der Waals surface area contributed by atoms with Gasteiger partial charge in [0.25, 0.3) is 0 Å². The Bertz CT molecular complexity index is 1030. The van der Waals surface area contributed by atoms with Crippen LogP contribution in [0.1, 0.15) is 28.7 Å². The maximum Gasteiger partial charge on any atom is 0.242 e. The third-order valence-corrected chi connectivity index (χ3v) is 6.25. The van der Waals surface area contributed by atoms with Crippen LogP contribution in [0.5, 0.6) is 0 Å². The second-order valence-electron chi connectivity index (χ2n) is 7.58. The van der Waals surface area contributed by atoms with E-state index in [9.17, 15) is 9.59 Å². The number of hydrogen-bond donors (Lipinski definition) is 1. The van der Waals surface area contributed by atoms with Gasteiger partial charge in [-0.25, -0.2) is 4.99 Å². The van der Waals surface area contributed by atoms with Crippen LogP contribution in [0.15, 0.2) is 54.0 Å². The molecule has 0 spiro atoms. The number of aliphatic imine (C=N–C) groups is 1. The zero-order valence-corrected chi connectivity index (χ0v) is 18.7. The zero-order valence-electron chi connectivity index (χ0n) is 17.9. The summed E-state index contributed by atoms with van der Waals surface area (Å²) in [6.07, 6.45) is 1.77. The van der Waals surface area contributed by atoms with Crippen molar-refractivity contribution in [3.63, 3.8) is 0 Å². The number of amides is 2. The first-order valence-electron chi connectivity index (χ1n) is 9.90. The largest absolute Gasteiger partial charge is 0.326 e. The van der Waals surface area contributed by atoms with Gasteiger partial charge >= 0.3 is 0 Å². The smallest absolute Gasteiger partial charge is 0.242 e. The molecule has 0 bridgehead atoms. The van der Waals surface area contributed by atoms with Crippen molar-refractivity contribution in [3.8, 4) is 0 Å². The Morgan fingerprint density at radius 2 is 1.90 bits per heavy atom. The van der Waals surface area contributed by atoms with Gasteiger partial charge in [0, 0.05) is 18.7 Å². The van der Waals surface area contributed by atoms with Crippen LogP contribution in [0.3, 0.4) is 0 Å². The second-order valence-corrected chi connectivity index (χ2v) is 8.75. The van der Waals surface area contributed by atoms with E-state index in [0.717, 1.165) is 28.1 Å². The minimum Gasteiger partial charge on any atom is -0.326 e. The Hall–Kier alpha value is -2.86. The molecule has 1 N–H and O–H groups in total. The average Bonchev–Trinajstić information content (AvgIpc) is 2.96. The quantitative estimate of drug-likeness (QED) is 0.663. The maximum absolute atomic E-state index is 12.9. The molecule has 0 aromatic heterocycles. The minimum absolute atomic E-state index is 0.0937. The monoisotopic (exact) mass is 421 g/mol. The summed E-state index contributed by atoms with van der Waals surface area (Å²) < 4.78 is 0. The van der Waals surface area contributed by atoms with E-state index in [1.807, 2.05) is 57.2 Å². The van der Waals surface area contributed by atoms with Crippen LogP contribution in [0, 0.1) is 27.7 Å². The van der Waals surface area contributed by atoms with Gasteiger partial charge in [-0.2, -0.15) is 0 Å². The third kappa shape index (κ3) is 5.00. The van der Waals surface area contributed by atoms with Crippen LogP contribution >= 0.6 is 11.8 Å². The van der Waals surface area contributed by atoms with E-state index in [1.54, 1.807) is 11.0 Å². The average molecular weight is 422 g/mol. The van der Waals surface area contributed by atoms with Crippen LogP contribution < -0.4 is 5.32 Å². The first-order valence-corrected chi connectivity index (χ1v) is 10.8. The van der Waals surface area contributed by atoms with E-state index in [1.165, 1.54) is 17.3 Å². The molecule has 1 aliphatic heterocycles. The molecule has 5 nitrogen and oxygen atoms in total. The van der Waals surface area contributed by atoms with Crippen LogP contribution in [0.25, 0.3) is 0 Å². The summed E-state index contributed by atoms with van der Waals surface area (Å²) >= 11 is 1.34. The molecule has 1 saturated heterocycles. The number of aryl methyl sites for hydroxylation is 4. The van der Waals surface area contributed by atoms with Crippen molar-refractivity contribution in [2.45, 2.75) is 39.4 Å². The lowest BCUT2D eigenvalue weighted by molar-refractivity contribution is -0.127. The van der Waals surface area contributed by atoms with E-state index in [0.29, 0.717) is 11.7 Å². The normalized spacial score (nSPS) is 17.5. The number of nitrogens with one attached hydrogen (secondary N) is 1. The number of carbonyl (C=O) groups is 2. The van der Waals surface area contributed by atoms with Gasteiger partial charge in [-0.1, -0.05) is 41.6 Å². The van der Waals surface area contributed by atoms with Crippen LogP contribution in [0.4, 0.5) is 11.4 Å². The van der Waals surface area contributed by atoms with Crippen molar-refractivity contribution < 1.29 is 9.59 Å². The van der Waals surface area contributed by atoms with E-state index >= 15 is 0 Å². The van der Waals surface area contributed by atoms with Crippen molar-refractivity contribution in [2.75, 3.05) is 11.9 Å². The Kier molecular flexibility index (Phi) is 6.77. The summed E-state index contributed by atoms with van der Waals surface area (Å²) in [5.74, 6) is -0.294. The summed E-state index contributed by atoms with van der Waals surface area (Å²) in [4.78, 5) is 31.8. The standard InChI is InChI=1S/C24H27N3O2S/c1-6-11-27-23(29)21(14-22(28)26-20-10-7-15(2)12-18(20)5)30-24(27)25-19-9-8-16(3)17(4)13-19/h6-10,12-13,21H,1,11,14H2,2-5H3,(H,26,28)/t21-/m0/s1. The number of carbonyl (C=O) groups excluding carboxylic acids is 2. The molecule has 0 unspecified atom stereocenters. The maximum atomic E-state index is 12.9. The molecule has 6 heteroatoms. The number of rotatable bonds is 6. The van der Waals surface area contributed by atoms with Gasteiger partial charge in [-0.05, 0) is 62.6 Å². The summed E-state index contributed by atoms with van der Waals surface area (Å²) in [6, 6.07) is 11.8. The lowest BCUT2D eigenvalue weighted by Crippen LogP contribution is -2.33. The van der Waals surface area contributed by atoms with Gasteiger partial charge in [-0.15, -0.1) is 6.58 Å². The highest BCUT2D eigenvalue weighted by Gasteiger charge is 2.38. The fourth-order valence-electron chi connectivity index (χ4n) is 3.25. The molecule has 1 heterocycles. The third-order valence-electron chi connectivity index (χ3n) is 5.07. The van der Waals surface area contributed by atoms with Gasteiger partial charge in [0.2, 0.25) is 11.8 Å². The second kappa shape index (κ2) is 9.30. The fourth-order valence-corrected chi connectivity index (χ4v) is 4.42. The molecule has 2 amide bonds. The summed E-state index contributed by atoms with van der Waals surface area (Å²) in [7, 11) is 0. The molecule has 0 radical (unpaired) electrons. The molecule has 2 aromatic carbocycles. The minimum atomic E-state index is -0.499. The van der Waals surface area contributed by atoms with Crippen LogP contribution in [-0.4, -0.2) is 33.7 Å². The molecule has 1 atom stereocenters. The predicted octanol–water partition coefficient (Wildman–Crippen LogP) is 5.07. The number of nitrogens with zero attached hydrogens (tertiary/aromatic N) is 2. The molecule has 1 fully saturated rings. The van der Waals surface area contributed by atoms with Gasteiger partial charge in [0.15, 0.2) is 5.17 Å². The number of anilines is 1. The highest BCUT2D eigenvalue weighted by Crippen LogP contribution is 2.32. The Balaban J connectivity index is 1.76. The Morgan fingerprint density at radius 3 is 2.57 bits per heavy atom. The highest BCUT2D eigenvalue weighted by molar-refractivity contribution is 8.15. The lowest BCUT2D eigenvalue weighted by atomic mass is 10.1. The molecule has 3 rings (SSSR count). The van der Waals surface area contributed by atoms with Crippen molar-refractivity contribution >= 4 is 40.1 Å². The van der Waals surface area contributed by atoms with Crippen molar-refractivity contribution in [3.05, 3.63) is 71.3 Å². The van der Waals surface area contributed by atoms with E-state index in [4.69, 9.17) is 0 Å². The van der Waals surface area contributed by atoms with Crippen molar-refractivity contribution in [2.24, 2.45) is 4.99 Å². The Labute approximate surface area is 182 Å². The number of thioether (sulfide) groups is 1. The topological polar surface area (TPSA) is 61.8 Å². The number of hydrogen-bond acceptors (Lipinski definition) is 4. The SMILES string of the molecule is C=CCN1C(=O)[C@H](CC(=O)Nc2ccc(C)cc2C)SC1=Nc1ccc(C)c(C)c1. The number of benzene rings is 2.